The minimum atomic E-state index is -3.34. The molecule has 0 bridgehead atoms. The monoisotopic (exact) mass is 296 g/mol. The normalized spacial score (nSPS) is 27.2. The Morgan fingerprint density at radius 2 is 1.55 bits per heavy atom. The van der Waals surface area contributed by atoms with Crippen LogP contribution in [0.5, 0.6) is 0 Å². The summed E-state index contributed by atoms with van der Waals surface area (Å²) >= 11 is 0. The van der Waals surface area contributed by atoms with Crippen molar-refractivity contribution >= 4 is 15.7 Å². The van der Waals surface area contributed by atoms with Crippen LogP contribution in [0.3, 0.4) is 0 Å². The van der Waals surface area contributed by atoms with Gasteiger partial charge in [0.15, 0.2) is 0 Å². The highest BCUT2D eigenvalue weighted by Gasteiger charge is 2.23. The molecule has 5 heteroatoms. The van der Waals surface area contributed by atoms with Crippen molar-refractivity contribution in [2.45, 2.75) is 44.0 Å². The fraction of sp³-hybridized carbons (Fsp3) is 0.600. The van der Waals surface area contributed by atoms with Crippen LogP contribution in [0.2, 0.25) is 0 Å². The van der Waals surface area contributed by atoms with Gasteiger partial charge < -0.3 is 5.32 Å². The second-order valence-electron chi connectivity index (χ2n) is 5.99. The van der Waals surface area contributed by atoms with Crippen molar-refractivity contribution in [2.75, 3.05) is 12.4 Å². The first kappa shape index (κ1) is 15.3. The summed E-state index contributed by atoms with van der Waals surface area (Å²) in [5.41, 5.74) is 0.992. The van der Waals surface area contributed by atoms with E-state index in [1.165, 1.54) is 26.3 Å². The molecule has 20 heavy (non-hydrogen) atoms. The molecule has 1 fully saturated rings. The first-order valence-electron chi connectivity index (χ1n) is 7.21. The summed E-state index contributed by atoms with van der Waals surface area (Å²) < 4.78 is 25.6. The van der Waals surface area contributed by atoms with Crippen LogP contribution in [-0.2, 0) is 10.0 Å². The smallest absolute Gasteiger partial charge is 0.240 e. The third-order valence-electron chi connectivity index (χ3n) is 3.98. The zero-order chi connectivity index (χ0) is 14.8. The van der Waals surface area contributed by atoms with Crippen molar-refractivity contribution in [2.24, 2.45) is 11.8 Å². The standard InChI is InChI=1S/C15H24N2O2S/c1-11-8-12(2)10-14(9-11)17-13-4-6-15(7-5-13)20(18,19)16-3/h4-7,11-12,14,16-17H,8-10H2,1-3H3. The quantitative estimate of drug-likeness (QED) is 0.898. The Labute approximate surface area is 122 Å². The molecule has 112 valence electrons. The maximum absolute atomic E-state index is 11.7. The van der Waals surface area contributed by atoms with Crippen LogP contribution in [0, 0.1) is 11.8 Å². The maximum atomic E-state index is 11.7. The number of rotatable bonds is 4. The van der Waals surface area contributed by atoms with E-state index in [0.717, 1.165) is 17.5 Å². The van der Waals surface area contributed by atoms with Gasteiger partial charge in [-0.2, -0.15) is 0 Å². The van der Waals surface area contributed by atoms with Crippen LogP contribution in [-0.4, -0.2) is 21.5 Å². The lowest BCUT2D eigenvalue weighted by atomic mass is 9.80. The van der Waals surface area contributed by atoms with E-state index in [9.17, 15) is 8.42 Å². The van der Waals surface area contributed by atoms with Crippen LogP contribution in [0.25, 0.3) is 0 Å². The highest BCUT2D eigenvalue weighted by molar-refractivity contribution is 7.89. The van der Waals surface area contributed by atoms with Gasteiger partial charge in [-0.15, -0.1) is 0 Å². The van der Waals surface area contributed by atoms with E-state index in [-0.39, 0.29) is 0 Å². The molecule has 2 unspecified atom stereocenters. The Morgan fingerprint density at radius 3 is 2.05 bits per heavy atom. The minimum Gasteiger partial charge on any atom is -0.382 e. The van der Waals surface area contributed by atoms with Gasteiger partial charge in [0, 0.05) is 11.7 Å². The number of benzene rings is 1. The highest BCUT2D eigenvalue weighted by atomic mass is 32.2. The second kappa shape index (κ2) is 6.14. The van der Waals surface area contributed by atoms with Gasteiger partial charge in [-0.1, -0.05) is 13.8 Å². The fourth-order valence-corrected chi connectivity index (χ4v) is 3.88. The molecule has 1 saturated carbocycles. The zero-order valence-corrected chi connectivity index (χ0v) is 13.2. The maximum Gasteiger partial charge on any atom is 0.240 e. The lowest BCUT2D eigenvalue weighted by Gasteiger charge is -2.32. The average molecular weight is 296 g/mol. The third-order valence-corrected chi connectivity index (χ3v) is 5.41. The van der Waals surface area contributed by atoms with Crippen LogP contribution >= 0.6 is 0 Å². The Kier molecular flexibility index (Phi) is 4.70. The van der Waals surface area contributed by atoms with Gasteiger partial charge in [0.1, 0.15) is 0 Å². The molecule has 2 atom stereocenters. The van der Waals surface area contributed by atoms with E-state index >= 15 is 0 Å². The molecule has 0 heterocycles. The van der Waals surface area contributed by atoms with E-state index in [2.05, 4.69) is 23.9 Å². The number of nitrogens with one attached hydrogen (secondary N) is 2. The second-order valence-corrected chi connectivity index (χ2v) is 7.88. The summed E-state index contributed by atoms with van der Waals surface area (Å²) in [7, 11) is -1.92. The molecule has 1 aliphatic rings. The van der Waals surface area contributed by atoms with E-state index in [0.29, 0.717) is 10.9 Å². The molecule has 0 aliphatic heterocycles. The molecule has 0 aromatic heterocycles. The Morgan fingerprint density at radius 1 is 1.00 bits per heavy atom. The van der Waals surface area contributed by atoms with Crippen molar-refractivity contribution in [1.29, 1.82) is 0 Å². The van der Waals surface area contributed by atoms with Crippen LogP contribution < -0.4 is 10.0 Å². The van der Waals surface area contributed by atoms with Gasteiger partial charge in [0.05, 0.1) is 4.90 Å². The van der Waals surface area contributed by atoms with Gasteiger partial charge in [-0.3, -0.25) is 0 Å². The minimum absolute atomic E-state index is 0.302. The molecule has 2 N–H and O–H groups in total. The summed E-state index contributed by atoms with van der Waals surface area (Å²) in [6.45, 7) is 4.60. The van der Waals surface area contributed by atoms with E-state index in [1.54, 1.807) is 12.1 Å². The third kappa shape index (κ3) is 3.73. The van der Waals surface area contributed by atoms with E-state index < -0.39 is 10.0 Å². The van der Waals surface area contributed by atoms with Crippen LogP contribution in [0.4, 0.5) is 5.69 Å². The lowest BCUT2D eigenvalue weighted by Crippen LogP contribution is -2.30. The summed E-state index contributed by atoms with van der Waals surface area (Å²) in [5.74, 6) is 1.50. The Bertz CT molecular complexity index is 529. The summed E-state index contributed by atoms with van der Waals surface area (Å²) in [6.07, 6.45) is 3.67. The fourth-order valence-electron chi connectivity index (χ4n) is 3.15. The van der Waals surface area contributed by atoms with Gasteiger partial charge >= 0.3 is 0 Å². The topological polar surface area (TPSA) is 58.2 Å². The zero-order valence-electron chi connectivity index (χ0n) is 12.4. The van der Waals surface area contributed by atoms with Gasteiger partial charge in [0.25, 0.3) is 0 Å². The van der Waals surface area contributed by atoms with Gasteiger partial charge in [0.2, 0.25) is 10.0 Å². The lowest BCUT2D eigenvalue weighted by molar-refractivity contribution is 0.281. The SMILES string of the molecule is CNS(=O)(=O)c1ccc(NC2CC(C)CC(C)C2)cc1. The molecule has 1 aromatic rings. The van der Waals surface area contributed by atoms with Crippen molar-refractivity contribution in [1.82, 2.24) is 4.72 Å². The largest absolute Gasteiger partial charge is 0.382 e. The average Bonchev–Trinajstić information content (AvgIpc) is 2.38. The van der Waals surface area contributed by atoms with E-state index in [4.69, 9.17) is 0 Å². The molecular formula is C15H24N2O2S. The molecule has 0 amide bonds. The van der Waals surface area contributed by atoms with Crippen LogP contribution in [0.15, 0.2) is 29.2 Å². The predicted octanol–water partition coefficient (Wildman–Crippen LogP) is 2.83. The molecular weight excluding hydrogens is 272 g/mol. The van der Waals surface area contributed by atoms with E-state index in [1.807, 2.05) is 12.1 Å². The molecule has 2 rings (SSSR count). The highest BCUT2D eigenvalue weighted by Crippen LogP contribution is 2.30. The number of hydrogen-bond donors (Lipinski definition) is 2. The summed E-state index contributed by atoms with van der Waals surface area (Å²) in [4.78, 5) is 0.302. The molecule has 4 nitrogen and oxygen atoms in total. The number of sulfonamides is 1. The first-order chi connectivity index (χ1) is 9.40. The molecule has 1 aromatic carbocycles. The molecule has 0 radical (unpaired) electrons. The van der Waals surface area contributed by atoms with Gasteiger partial charge in [-0.05, 0) is 62.4 Å². The molecule has 0 spiro atoms. The van der Waals surface area contributed by atoms with Crippen molar-refractivity contribution in [3.63, 3.8) is 0 Å². The van der Waals surface area contributed by atoms with Gasteiger partial charge in [-0.25, -0.2) is 13.1 Å². The summed E-state index contributed by atoms with van der Waals surface area (Å²) in [6, 6.07) is 7.45. The Balaban J connectivity index is 2.04. The van der Waals surface area contributed by atoms with Crippen molar-refractivity contribution in [3.05, 3.63) is 24.3 Å². The van der Waals surface area contributed by atoms with Crippen LogP contribution in [0.1, 0.15) is 33.1 Å². The molecule has 0 saturated heterocycles. The number of anilines is 1. The van der Waals surface area contributed by atoms with Crippen molar-refractivity contribution in [3.8, 4) is 0 Å². The Hall–Kier alpha value is -1.07. The predicted molar refractivity (Wildman–Crippen MR) is 82.3 cm³/mol. The summed E-state index contributed by atoms with van der Waals surface area (Å²) in [5, 5.41) is 3.52. The first-order valence-corrected chi connectivity index (χ1v) is 8.69. The van der Waals surface area contributed by atoms with Crippen molar-refractivity contribution < 1.29 is 8.42 Å². The molecule has 1 aliphatic carbocycles. The number of hydrogen-bond acceptors (Lipinski definition) is 3.